The first-order valence-corrected chi connectivity index (χ1v) is 7.09. The molecule has 0 fully saturated rings. The van der Waals surface area contributed by atoms with Crippen molar-refractivity contribution in [2.24, 2.45) is 0 Å². The molecule has 1 N–H and O–H groups in total. The van der Waals surface area contributed by atoms with Gasteiger partial charge in [-0.3, -0.25) is 0 Å². The van der Waals surface area contributed by atoms with E-state index in [0.29, 0.717) is 0 Å². The van der Waals surface area contributed by atoms with E-state index in [1.807, 2.05) is 36.4 Å². The fourth-order valence-corrected chi connectivity index (χ4v) is 2.10. The van der Waals surface area contributed by atoms with Gasteiger partial charge in [-0.2, -0.15) is 0 Å². The van der Waals surface area contributed by atoms with Gasteiger partial charge in [0.15, 0.2) is 0 Å². The third-order valence-corrected chi connectivity index (χ3v) is 3.46. The fraction of sp³-hybridized carbons (Fsp3) is 0.200. The lowest BCUT2D eigenvalue weighted by molar-refractivity contribution is 0.479. The van der Waals surface area contributed by atoms with Crippen molar-refractivity contribution in [1.82, 2.24) is 5.32 Å². The third-order valence-electron chi connectivity index (χ3n) is 2.57. The minimum atomic E-state index is 0.874. The second-order valence-electron chi connectivity index (χ2n) is 3.96. The molecule has 2 nitrogen and oxygen atoms in total. The van der Waals surface area contributed by atoms with E-state index >= 15 is 0 Å². The summed E-state index contributed by atoms with van der Waals surface area (Å²) in [4.78, 5) is 0. The fourth-order valence-electron chi connectivity index (χ4n) is 1.60. The average molecular weight is 353 g/mol. The molecule has 0 atom stereocenters. The Morgan fingerprint density at radius 2 is 1.78 bits per heavy atom. The van der Waals surface area contributed by atoms with E-state index in [1.165, 1.54) is 5.56 Å². The number of hydrogen-bond donors (Lipinski definition) is 1. The Kier molecular flexibility index (Phi) is 5.01. The van der Waals surface area contributed by atoms with Gasteiger partial charge in [-0.05, 0) is 59.0 Å². The molecule has 0 aliphatic heterocycles. The van der Waals surface area contributed by atoms with Crippen LogP contribution in [0, 0.1) is 3.57 Å². The lowest BCUT2D eigenvalue weighted by Gasteiger charge is -2.08. The van der Waals surface area contributed by atoms with Gasteiger partial charge in [0.25, 0.3) is 0 Å². The molecule has 0 radical (unpaired) electrons. The smallest absolute Gasteiger partial charge is 0.140 e. The zero-order valence-corrected chi connectivity index (χ0v) is 12.5. The molecule has 0 aliphatic carbocycles. The number of nitrogens with one attached hydrogen (secondary N) is 1. The Hall–Kier alpha value is -1.07. The molecule has 3 heteroatoms. The number of rotatable bonds is 5. The zero-order chi connectivity index (χ0) is 12.8. The molecule has 0 saturated carbocycles. The summed E-state index contributed by atoms with van der Waals surface area (Å²) in [7, 11) is 0. The normalized spacial score (nSPS) is 10.3. The summed E-state index contributed by atoms with van der Waals surface area (Å²) in [6.45, 7) is 3.99. The van der Waals surface area contributed by atoms with E-state index in [-0.39, 0.29) is 0 Å². The van der Waals surface area contributed by atoms with Gasteiger partial charge in [-0.1, -0.05) is 31.2 Å². The summed E-state index contributed by atoms with van der Waals surface area (Å²) in [5, 5.41) is 3.30. The maximum absolute atomic E-state index is 5.84. The van der Waals surface area contributed by atoms with Gasteiger partial charge in [0.1, 0.15) is 11.5 Å². The van der Waals surface area contributed by atoms with E-state index in [2.05, 4.69) is 47.0 Å². The Morgan fingerprint density at radius 3 is 2.44 bits per heavy atom. The van der Waals surface area contributed by atoms with Crippen LogP contribution in [0.2, 0.25) is 0 Å². The minimum Gasteiger partial charge on any atom is -0.456 e. The molecule has 0 aromatic heterocycles. The topological polar surface area (TPSA) is 21.3 Å². The van der Waals surface area contributed by atoms with Gasteiger partial charge >= 0.3 is 0 Å². The Balaban J connectivity index is 2.04. The molecular formula is C15H16INO. The van der Waals surface area contributed by atoms with Gasteiger partial charge in [-0.25, -0.2) is 0 Å². The SMILES string of the molecule is CCNCc1ccc(Oc2ccccc2I)cc1. The first-order chi connectivity index (χ1) is 8.79. The highest BCUT2D eigenvalue weighted by atomic mass is 127. The number of halogens is 1. The van der Waals surface area contributed by atoms with Gasteiger partial charge in [-0.15, -0.1) is 0 Å². The number of hydrogen-bond acceptors (Lipinski definition) is 2. The predicted molar refractivity (Wildman–Crippen MR) is 83.1 cm³/mol. The van der Waals surface area contributed by atoms with Crippen molar-refractivity contribution in [2.75, 3.05) is 6.54 Å². The molecule has 18 heavy (non-hydrogen) atoms. The van der Waals surface area contributed by atoms with E-state index in [0.717, 1.165) is 28.2 Å². The highest BCUT2D eigenvalue weighted by Crippen LogP contribution is 2.26. The van der Waals surface area contributed by atoms with E-state index in [9.17, 15) is 0 Å². The van der Waals surface area contributed by atoms with Crippen molar-refractivity contribution >= 4 is 22.6 Å². The highest BCUT2D eigenvalue weighted by molar-refractivity contribution is 14.1. The van der Waals surface area contributed by atoms with Crippen LogP contribution in [-0.2, 0) is 6.54 Å². The quantitative estimate of drug-likeness (QED) is 0.814. The Labute approximate surface area is 122 Å². The molecule has 0 bridgehead atoms. The molecule has 2 rings (SSSR count). The van der Waals surface area contributed by atoms with Gasteiger partial charge in [0, 0.05) is 6.54 Å². The zero-order valence-electron chi connectivity index (χ0n) is 10.3. The first-order valence-electron chi connectivity index (χ1n) is 6.01. The van der Waals surface area contributed by atoms with Crippen molar-refractivity contribution in [2.45, 2.75) is 13.5 Å². The summed E-state index contributed by atoms with van der Waals surface area (Å²) in [5.41, 5.74) is 1.27. The summed E-state index contributed by atoms with van der Waals surface area (Å²) in [6, 6.07) is 16.2. The standard InChI is InChI=1S/C15H16INO/c1-2-17-11-12-7-9-13(10-8-12)18-15-6-4-3-5-14(15)16/h3-10,17H,2,11H2,1H3. The molecule has 94 valence electrons. The second-order valence-corrected chi connectivity index (χ2v) is 5.12. The van der Waals surface area contributed by atoms with Gasteiger partial charge < -0.3 is 10.1 Å². The van der Waals surface area contributed by atoms with Crippen molar-refractivity contribution in [3.8, 4) is 11.5 Å². The average Bonchev–Trinajstić information content (AvgIpc) is 2.41. The minimum absolute atomic E-state index is 0.874. The second kappa shape index (κ2) is 6.75. The molecule has 0 amide bonds. The number of benzene rings is 2. The van der Waals surface area contributed by atoms with Crippen molar-refractivity contribution < 1.29 is 4.74 Å². The molecule has 0 unspecified atom stereocenters. The predicted octanol–water partition coefficient (Wildman–Crippen LogP) is 4.19. The van der Waals surface area contributed by atoms with E-state index in [1.54, 1.807) is 0 Å². The summed E-state index contributed by atoms with van der Waals surface area (Å²) >= 11 is 2.28. The molecule has 2 aromatic rings. The van der Waals surface area contributed by atoms with Gasteiger partial charge in [0.05, 0.1) is 3.57 Å². The van der Waals surface area contributed by atoms with Crippen LogP contribution in [0.25, 0.3) is 0 Å². The monoisotopic (exact) mass is 353 g/mol. The molecule has 0 saturated heterocycles. The van der Waals surface area contributed by atoms with Crippen molar-refractivity contribution in [3.63, 3.8) is 0 Å². The van der Waals surface area contributed by atoms with Crippen LogP contribution >= 0.6 is 22.6 Å². The Morgan fingerprint density at radius 1 is 1.06 bits per heavy atom. The van der Waals surface area contributed by atoms with E-state index in [4.69, 9.17) is 4.74 Å². The highest BCUT2D eigenvalue weighted by Gasteiger charge is 2.01. The van der Waals surface area contributed by atoms with Crippen LogP contribution in [0.1, 0.15) is 12.5 Å². The molecule has 0 aliphatic rings. The van der Waals surface area contributed by atoms with Crippen LogP contribution in [0.4, 0.5) is 0 Å². The summed E-state index contributed by atoms with van der Waals surface area (Å²) < 4.78 is 6.96. The molecule has 2 aromatic carbocycles. The molecule has 0 heterocycles. The molecule has 0 spiro atoms. The lowest BCUT2D eigenvalue weighted by Crippen LogP contribution is -2.11. The van der Waals surface area contributed by atoms with Crippen LogP contribution in [0.5, 0.6) is 11.5 Å². The van der Waals surface area contributed by atoms with Crippen LogP contribution in [0.3, 0.4) is 0 Å². The summed E-state index contributed by atoms with van der Waals surface area (Å²) in [5.74, 6) is 1.77. The van der Waals surface area contributed by atoms with Crippen LogP contribution in [0.15, 0.2) is 48.5 Å². The maximum Gasteiger partial charge on any atom is 0.140 e. The van der Waals surface area contributed by atoms with E-state index < -0.39 is 0 Å². The summed E-state index contributed by atoms with van der Waals surface area (Å²) in [6.07, 6.45) is 0. The third kappa shape index (κ3) is 3.71. The largest absolute Gasteiger partial charge is 0.456 e. The van der Waals surface area contributed by atoms with Crippen LogP contribution in [-0.4, -0.2) is 6.54 Å². The van der Waals surface area contributed by atoms with Crippen molar-refractivity contribution in [1.29, 1.82) is 0 Å². The lowest BCUT2D eigenvalue weighted by atomic mass is 10.2. The first kappa shape index (κ1) is 13.4. The van der Waals surface area contributed by atoms with Gasteiger partial charge in [0.2, 0.25) is 0 Å². The van der Waals surface area contributed by atoms with Crippen LogP contribution < -0.4 is 10.1 Å². The number of para-hydroxylation sites is 1. The molecular weight excluding hydrogens is 337 g/mol. The number of ether oxygens (including phenoxy) is 1. The maximum atomic E-state index is 5.84. The van der Waals surface area contributed by atoms with Crippen molar-refractivity contribution in [3.05, 3.63) is 57.7 Å². The Bertz CT molecular complexity index is 496.